The van der Waals surface area contributed by atoms with Gasteiger partial charge in [-0.1, -0.05) is 6.92 Å². The van der Waals surface area contributed by atoms with Crippen LogP contribution in [0.2, 0.25) is 0 Å². The van der Waals surface area contributed by atoms with Gasteiger partial charge in [-0.3, -0.25) is 0 Å². The van der Waals surface area contributed by atoms with Crippen LogP contribution in [0.5, 0.6) is 0 Å². The van der Waals surface area contributed by atoms with E-state index in [0.29, 0.717) is 6.42 Å². The number of aliphatic hydroxyl groups excluding tert-OH is 1. The number of rotatable bonds is 5. The summed E-state index contributed by atoms with van der Waals surface area (Å²) in [4.78, 5) is 0.0671. The van der Waals surface area contributed by atoms with Gasteiger partial charge in [-0.25, -0.2) is 13.1 Å². The number of aliphatic hydroxyl groups is 1. The van der Waals surface area contributed by atoms with Crippen LogP contribution < -0.4 is 10.5 Å². The topological polar surface area (TPSA) is 92.4 Å². The third-order valence-corrected chi connectivity index (χ3v) is 4.53. The van der Waals surface area contributed by atoms with Gasteiger partial charge in [-0.15, -0.1) is 0 Å². The molecule has 0 saturated carbocycles. The second-order valence-electron chi connectivity index (χ2n) is 4.38. The summed E-state index contributed by atoms with van der Waals surface area (Å²) in [5.74, 6) is 0. The molecule has 4 N–H and O–H groups in total. The number of aryl methyl sites for hydroxylation is 2. The first-order chi connectivity index (χ1) is 8.31. The van der Waals surface area contributed by atoms with Crippen LogP contribution in [-0.2, 0) is 10.0 Å². The van der Waals surface area contributed by atoms with Gasteiger partial charge in [-0.2, -0.15) is 0 Å². The molecule has 1 atom stereocenters. The van der Waals surface area contributed by atoms with Gasteiger partial charge in [0.15, 0.2) is 0 Å². The molecule has 0 bridgehead atoms. The first kappa shape index (κ1) is 14.9. The number of hydrogen-bond donors (Lipinski definition) is 3. The predicted molar refractivity (Wildman–Crippen MR) is 71.8 cm³/mol. The normalized spacial score (nSPS) is 13.6. The Hall–Kier alpha value is -1.11. The van der Waals surface area contributed by atoms with E-state index in [0.717, 1.165) is 11.1 Å². The van der Waals surface area contributed by atoms with Crippen molar-refractivity contribution < 1.29 is 13.5 Å². The number of sulfonamides is 1. The van der Waals surface area contributed by atoms with Crippen molar-refractivity contribution in [3.05, 3.63) is 23.3 Å². The third kappa shape index (κ3) is 3.22. The number of nitrogens with two attached hydrogens (primary N) is 1. The summed E-state index contributed by atoms with van der Waals surface area (Å²) >= 11 is 0. The Morgan fingerprint density at radius 1 is 1.33 bits per heavy atom. The smallest absolute Gasteiger partial charge is 0.242 e. The first-order valence-electron chi connectivity index (χ1n) is 5.81. The molecule has 0 aromatic heterocycles. The molecule has 1 aromatic rings. The molecule has 0 fully saturated rings. The average Bonchev–Trinajstić information content (AvgIpc) is 2.30. The molecular weight excluding hydrogens is 252 g/mol. The van der Waals surface area contributed by atoms with E-state index in [4.69, 9.17) is 10.8 Å². The summed E-state index contributed by atoms with van der Waals surface area (Å²) in [7, 11) is -3.69. The maximum Gasteiger partial charge on any atom is 0.242 e. The highest BCUT2D eigenvalue weighted by Crippen LogP contribution is 2.22. The van der Waals surface area contributed by atoms with E-state index in [-0.39, 0.29) is 17.2 Å². The zero-order valence-corrected chi connectivity index (χ0v) is 11.7. The zero-order valence-electron chi connectivity index (χ0n) is 10.9. The molecule has 102 valence electrons. The molecule has 5 nitrogen and oxygen atoms in total. The molecule has 6 heteroatoms. The van der Waals surface area contributed by atoms with E-state index < -0.39 is 16.1 Å². The molecule has 18 heavy (non-hydrogen) atoms. The molecule has 1 unspecified atom stereocenters. The predicted octanol–water partition coefficient (Wildman–Crippen LogP) is 0.935. The Bertz CT molecular complexity index is 522. The third-order valence-electron chi connectivity index (χ3n) is 2.95. The van der Waals surface area contributed by atoms with Crippen molar-refractivity contribution in [2.45, 2.75) is 38.1 Å². The van der Waals surface area contributed by atoms with Crippen molar-refractivity contribution in [1.82, 2.24) is 4.72 Å². The van der Waals surface area contributed by atoms with Crippen LogP contribution in [0.15, 0.2) is 17.0 Å². The molecule has 0 heterocycles. The molecular formula is C12H20N2O3S. The number of benzene rings is 1. The van der Waals surface area contributed by atoms with Gasteiger partial charge in [0.1, 0.15) is 4.90 Å². The highest BCUT2D eigenvalue weighted by atomic mass is 32.2. The van der Waals surface area contributed by atoms with Gasteiger partial charge in [0.05, 0.1) is 12.3 Å². The van der Waals surface area contributed by atoms with E-state index in [1.165, 1.54) is 0 Å². The second-order valence-corrected chi connectivity index (χ2v) is 6.07. The van der Waals surface area contributed by atoms with Gasteiger partial charge >= 0.3 is 0 Å². The SMILES string of the molecule is CCC(CO)NS(=O)(=O)c1cc(C)c(C)cc1N. The van der Waals surface area contributed by atoms with Crippen LogP contribution in [0.1, 0.15) is 24.5 Å². The summed E-state index contributed by atoms with van der Waals surface area (Å²) in [5.41, 5.74) is 7.78. The summed E-state index contributed by atoms with van der Waals surface area (Å²) in [6, 6.07) is 2.71. The fourth-order valence-electron chi connectivity index (χ4n) is 1.58. The van der Waals surface area contributed by atoms with Crippen molar-refractivity contribution in [2.24, 2.45) is 0 Å². The van der Waals surface area contributed by atoms with Gasteiger partial charge in [0.25, 0.3) is 0 Å². The largest absolute Gasteiger partial charge is 0.398 e. The molecule has 0 spiro atoms. The number of hydrogen-bond acceptors (Lipinski definition) is 4. The number of nitrogen functional groups attached to an aromatic ring is 1. The minimum atomic E-state index is -3.69. The van der Waals surface area contributed by atoms with Crippen molar-refractivity contribution >= 4 is 15.7 Å². The van der Waals surface area contributed by atoms with E-state index >= 15 is 0 Å². The van der Waals surface area contributed by atoms with Crippen LogP contribution >= 0.6 is 0 Å². The van der Waals surface area contributed by atoms with E-state index in [1.807, 2.05) is 13.8 Å². The fourth-order valence-corrected chi connectivity index (χ4v) is 3.09. The molecule has 0 aliphatic rings. The van der Waals surface area contributed by atoms with E-state index in [9.17, 15) is 8.42 Å². The zero-order chi connectivity index (χ0) is 13.9. The lowest BCUT2D eigenvalue weighted by atomic mass is 10.1. The summed E-state index contributed by atoms with van der Waals surface area (Å²) < 4.78 is 26.7. The van der Waals surface area contributed by atoms with Crippen LogP contribution in [0.25, 0.3) is 0 Å². The maximum atomic E-state index is 12.1. The van der Waals surface area contributed by atoms with Crippen LogP contribution in [0.4, 0.5) is 5.69 Å². The molecule has 1 rings (SSSR count). The lowest BCUT2D eigenvalue weighted by Crippen LogP contribution is -2.37. The Morgan fingerprint density at radius 2 is 1.89 bits per heavy atom. The number of nitrogens with one attached hydrogen (secondary N) is 1. The molecule has 0 aliphatic carbocycles. The summed E-state index contributed by atoms with van der Waals surface area (Å²) in [6.07, 6.45) is 0.514. The average molecular weight is 272 g/mol. The van der Waals surface area contributed by atoms with E-state index in [2.05, 4.69) is 4.72 Å². The highest BCUT2D eigenvalue weighted by Gasteiger charge is 2.21. The van der Waals surface area contributed by atoms with Crippen molar-refractivity contribution in [3.8, 4) is 0 Å². The standard InChI is InChI=1S/C12H20N2O3S/c1-4-10(7-15)14-18(16,17)12-6-9(3)8(2)5-11(12)13/h5-6,10,14-15H,4,7,13H2,1-3H3. The quantitative estimate of drug-likeness (QED) is 0.695. The summed E-state index contributed by atoms with van der Waals surface area (Å²) in [6.45, 7) is 5.27. The fraction of sp³-hybridized carbons (Fsp3) is 0.500. The lowest BCUT2D eigenvalue weighted by Gasteiger charge is -2.16. The Kier molecular flexibility index (Phi) is 4.72. The Morgan fingerprint density at radius 3 is 2.39 bits per heavy atom. The minimum Gasteiger partial charge on any atom is -0.398 e. The molecule has 0 saturated heterocycles. The monoisotopic (exact) mass is 272 g/mol. The van der Waals surface area contributed by atoms with Gasteiger partial charge in [0, 0.05) is 6.04 Å². The van der Waals surface area contributed by atoms with Crippen LogP contribution in [0.3, 0.4) is 0 Å². The van der Waals surface area contributed by atoms with Crippen LogP contribution in [0, 0.1) is 13.8 Å². The van der Waals surface area contributed by atoms with E-state index in [1.54, 1.807) is 19.1 Å². The number of anilines is 1. The van der Waals surface area contributed by atoms with Crippen molar-refractivity contribution in [1.29, 1.82) is 0 Å². The van der Waals surface area contributed by atoms with Crippen molar-refractivity contribution in [2.75, 3.05) is 12.3 Å². The maximum absolute atomic E-state index is 12.1. The van der Waals surface area contributed by atoms with Gasteiger partial charge in [-0.05, 0) is 43.5 Å². The first-order valence-corrected chi connectivity index (χ1v) is 7.30. The van der Waals surface area contributed by atoms with Crippen LogP contribution in [-0.4, -0.2) is 26.2 Å². The summed E-state index contributed by atoms with van der Waals surface area (Å²) in [5, 5.41) is 9.05. The minimum absolute atomic E-state index is 0.0671. The van der Waals surface area contributed by atoms with Gasteiger partial charge in [0.2, 0.25) is 10.0 Å². The molecule has 0 radical (unpaired) electrons. The highest BCUT2D eigenvalue weighted by molar-refractivity contribution is 7.89. The Labute approximate surface area is 108 Å². The molecule has 0 aliphatic heterocycles. The Balaban J connectivity index is 3.16. The van der Waals surface area contributed by atoms with Crippen molar-refractivity contribution in [3.63, 3.8) is 0 Å². The van der Waals surface area contributed by atoms with Gasteiger partial charge < -0.3 is 10.8 Å². The molecule has 0 amide bonds. The molecule has 1 aromatic carbocycles. The second kappa shape index (κ2) is 5.69. The lowest BCUT2D eigenvalue weighted by molar-refractivity contribution is 0.254.